The minimum Gasteiger partial charge on any atom is -0.425 e. The molecule has 2 heterocycles. The van der Waals surface area contributed by atoms with Gasteiger partial charge in [-0.3, -0.25) is 4.79 Å². The number of aryl methyl sites for hydroxylation is 2. The minimum absolute atomic E-state index is 0.113. The van der Waals surface area contributed by atoms with Gasteiger partial charge in [-0.2, -0.15) is 0 Å². The molecular weight excluding hydrogens is 330 g/mol. The number of amides is 1. The lowest BCUT2D eigenvalue weighted by Gasteiger charge is -2.13. The van der Waals surface area contributed by atoms with Crippen LogP contribution < -0.4 is 5.32 Å². The summed E-state index contributed by atoms with van der Waals surface area (Å²) in [4.78, 5) is 20.5. The van der Waals surface area contributed by atoms with E-state index in [4.69, 9.17) is 16.0 Å². The summed E-state index contributed by atoms with van der Waals surface area (Å²) < 4.78 is 5.57. The van der Waals surface area contributed by atoms with Gasteiger partial charge < -0.3 is 9.73 Å². The first kappa shape index (κ1) is 16.8. The maximum absolute atomic E-state index is 12.4. The fourth-order valence-corrected chi connectivity index (χ4v) is 3.20. The molecule has 2 aromatic heterocycles. The SMILES string of the molecule is CCc1nnc(C[C@@H]2CC[C@H](NC(=O)c3nc(C)ncc3Cl)C2)o1. The summed E-state index contributed by atoms with van der Waals surface area (Å²) >= 11 is 6.02. The number of carbonyl (C=O) groups excluding carboxylic acids is 1. The van der Waals surface area contributed by atoms with Crippen LogP contribution >= 0.6 is 11.6 Å². The molecule has 0 bridgehead atoms. The van der Waals surface area contributed by atoms with Crippen LogP contribution in [0.4, 0.5) is 0 Å². The van der Waals surface area contributed by atoms with Crippen molar-refractivity contribution >= 4 is 17.5 Å². The van der Waals surface area contributed by atoms with E-state index in [1.165, 1.54) is 6.20 Å². The summed E-state index contributed by atoms with van der Waals surface area (Å²) in [7, 11) is 0. The van der Waals surface area contributed by atoms with Gasteiger partial charge in [0.25, 0.3) is 5.91 Å². The molecular formula is C16H20ClN5O2. The largest absolute Gasteiger partial charge is 0.425 e. The van der Waals surface area contributed by atoms with Crippen molar-refractivity contribution < 1.29 is 9.21 Å². The van der Waals surface area contributed by atoms with Crippen molar-refractivity contribution in [3.63, 3.8) is 0 Å². The lowest BCUT2D eigenvalue weighted by molar-refractivity contribution is 0.0932. The van der Waals surface area contributed by atoms with E-state index in [0.717, 1.165) is 32.1 Å². The van der Waals surface area contributed by atoms with E-state index in [1.54, 1.807) is 6.92 Å². The number of halogens is 1. The molecule has 0 spiro atoms. The first-order chi connectivity index (χ1) is 11.5. The number of nitrogens with one attached hydrogen (secondary N) is 1. The highest BCUT2D eigenvalue weighted by Gasteiger charge is 2.28. The normalized spacial score (nSPS) is 20.3. The molecule has 7 nitrogen and oxygen atoms in total. The Morgan fingerprint density at radius 1 is 1.38 bits per heavy atom. The Labute approximate surface area is 145 Å². The smallest absolute Gasteiger partial charge is 0.271 e. The Balaban J connectivity index is 1.55. The second kappa shape index (κ2) is 7.25. The Morgan fingerprint density at radius 2 is 2.17 bits per heavy atom. The number of nitrogens with zero attached hydrogens (tertiary/aromatic N) is 4. The van der Waals surface area contributed by atoms with Crippen LogP contribution in [0.25, 0.3) is 0 Å². The third-order valence-corrected chi connectivity index (χ3v) is 4.51. The maximum Gasteiger partial charge on any atom is 0.271 e. The number of aromatic nitrogens is 4. The Bertz CT molecular complexity index is 733. The van der Waals surface area contributed by atoms with E-state index in [2.05, 4.69) is 25.5 Å². The molecule has 128 valence electrons. The molecule has 1 saturated carbocycles. The van der Waals surface area contributed by atoms with Crippen LogP contribution in [-0.2, 0) is 12.8 Å². The number of hydrogen-bond acceptors (Lipinski definition) is 6. The predicted molar refractivity (Wildman–Crippen MR) is 87.8 cm³/mol. The van der Waals surface area contributed by atoms with Crippen LogP contribution in [-0.4, -0.2) is 32.1 Å². The van der Waals surface area contributed by atoms with Crippen LogP contribution in [0.5, 0.6) is 0 Å². The van der Waals surface area contributed by atoms with Crippen molar-refractivity contribution in [1.29, 1.82) is 0 Å². The third kappa shape index (κ3) is 3.90. The molecule has 3 rings (SSSR count). The molecule has 0 aliphatic heterocycles. The van der Waals surface area contributed by atoms with Gasteiger partial charge >= 0.3 is 0 Å². The van der Waals surface area contributed by atoms with Crippen LogP contribution in [0.3, 0.4) is 0 Å². The van der Waals surface area contributed by atoms with Crippen molar-refractivity contribution in [1.82, 2.24) is 25.5 Å². The highest BCUT2D eigenvalue weighted by atomic mass is 35.5. The second-order valence-electron chi connectivity index (χ2n) is 6.11. The lowest BCUT2D eigenvalue weighted by atomic mass is 10.0. The van der Waals surface area contributed by atoms with Gasteiger partial charge in [-0.05, 0) is 32.1 Å². The monoisotopic (exact) mass is 349 g/mol. The van der Waals surface area contributed by atoms with Crippen molar-refractivity contribution in [2.75, 3.05) is 0 Å². The zero-order valence-electron chi connectivity index (χ0n) is 13.8. The van der Waals surface area contributed by atoms with Gasteiger partial charge in [0.1, 0.15) is 11.5 Å². The van der Waals surface area contributed by atoms with Crippen LogP contribution in [0.15, 0.2) is 10.6 Å². The van der Waals surface area contributed by atoms with E-state index in [0.29, 0.717) is 23.5 Å². The van der Waals surface area contributed by atoms with E-state index < -0.39 is 0 Å². The molecule has 1 amide bonds. The van der Waals surface area contributed by atoms with Gasteiger partial charge in [-0.25, -0.2) is 9.97 Å². The van der Waals surface area contributed by atoms with Crippen LogP contribution in [0.2, 0.25) is 5.02 Å². The van der Waals surface area contributed by atoms with Crippen molar-refractivity contribution in [2.45, 2.75) is 52.0 Å². The van der Waals surface area contributed by atoms with E-state index >= 15 is 0 Å². The Hall–Kier alpha value is -2.02. The van der Waals surface area contributed by atoms with Crippen LogP contribution in [0, 0.1) is 12.8 Å². The molecule has 0 unspecified atom stereocenters. The molecule has 8 heteroatoms. The summed E-state index contributed by atoms with van der Waals surface area (Å²) in [5, 5.41) is 11.3. The number of hydrogen-bond donors (Lipinski definition) is 1. The molecule has 1 fully saturated rings. The second-order valence-corrected chi connectivity index (χ2v) is 6.52. The van der Waals surface area contributed by atoms with Gasteiger partial charge in [0.15, 0.2) is 0 Å². The predicted octanol–water partition coefficient (Wildman–Crippen LogP) is 2.53. The summed E-state index contributed by atoms with van der Waals surface area (Å²) in [5.41, 5.74) is 0.233. The van der Waals surface area contributed by atoms with E-state index in [9.17, 15) is 4.79 Å². The van der Waals surface area contributed by atoms with Crippen molar-refractivity contribution in [3.05, 3.63) is 34.5 Å². The average Bonchev–Trinajstić information content (AvgIpc) is 3.19. The first-order valence-corrected chi connectivity index (χ1v) is 8.54. The van der Waals surface area contributed by atoms with Gasteiger partial charge in [-0.15, -0.1) is 10.2 Å². The topological polar surface area (TPSA) is 93.8 Å². The molecule has 1 N–H and O–H groups in total. The quantitative estimate of drug-likeness (QED) is 0.891. The highest BCUT2D eigenvalue weighted by Crippen LogP contribution is 2.29. The summed E-state index contributed by atoms with van der Waals surface area (Å²) in [5.74, 6) is 2.06. The van der Waals surface area contributed by atoms with Gasteiger partial charge in [-0.1, -0.05) is 18.5 Å². The standard InChI is InChI=1S/C16H20ClN5O2/c1-3-13-21-22-14(24-13)7-10-4-5-11(6-10)20-16(23)15-12(17)8-18-9(2)19-15/h8,10-11H,3-7H2,1-2H3,(H,20,23)/t10-,11+/m1/s1. The zero-order valence-corrected chi connectivity index (χ0v) is 14.5. The summed E-state index contributed by atoms with van der Waals surface area (Å²) in [6.07, 6.45) is 5.79. The number of rotatable bonds is 5. The molecule has 1 aliphatic carbocycles. The first-order valence-electron chi connectivity index (χ1n) is 8.16. The molecule has 0 aromatic carbocycles. The molecule has 2 atom stereocenters. The Kier molecular flexibility index (Phi) is 5.08. The maximum atomic E-state index is 12.4. The molecule has 2 aromatic rings. The van der Waals surface area contributed by atoms with E-state index in [1.807, 2.05) is 6.92 Å². The fraction of sp³-hybridized carbons (Fsp3) is 0.562. The Morgan fingerprint density at radius 3 is 2.92 bits per heavy atom. The van der Waals surface area contributed by atoms with Crippen molar-refractivity contribution in [3.8, 4) is 0 Å². The zero-order chi connectivity index (χ0) is 17.1. The van der Waals surface area contributed by atoms with Gasteiger partial charge in [0.05, 0.1) is 11.2 Å². The van der Waals surface area contributed by atoms with Gasteiger partial charge in [0, 0.05) is 18.9 Å². The average molecular weight is 350 g/mol. The van der Waals surface area contributed by atoms with Gasteiger partial charge in [0.2, 0.25) is 11.8 Å². The minimum atomic E-state index is -0.248. The van der Waals surface area contributed by atoms with E-state index in [-0.39, 0.29) is 22.7 Å². The molecule has 24 heavy (non-hydrogen) atoms. The summed E-state index contributed by atoms with van der Waals surface area (Å²) in [6, 6.07) is 0.113. The molecule has 0 saturated heterocycles. The molecule has 1 aliphatic rings. The van der Waals surface area contributed by atoms with Crippen LogP contribution in [0.1, 0.15) is 54.3 Å². The molecule has 0 radical (unpaired) electrons. The number of carbonyl (C=O) groups is 1. The van der Waals surface area contributed by atoms with Crippen molar-refractivity contribution in [2.24, 2.45) is 5.92 Å². The third-order valence-electron chi connectivity index (χ3n) is 4.23. The highest BCUT2D eigenvalue weighted by molar-refractivity contribution is 6.33. The lowest BCUT2D eigenvalue weighted by Crippen LogP contribution is -2.34. The summed E-state index contributed by atoms with van der Waals surface area (Å²) in [6.45, 7) is 3.71. The fourth-order valence-electron chi connectivity index (χ4n) is 3.02.